The molecule has 4 aromatic rings. The van der Waals surface area contributed by atoms with Gasteiger partial charge < -0.3 is 25.7 Å². The van der Waals surface area contributed by atoms with Crippen LogP contribution in [0, 0.1) is 0 Å². The largest absolute Gasteiger partial charge is 0.457 e. The van der Waals surface area contributed by atoms with Gasteiger partial charge in [-0.2, -0.15) is 0 Å². The molecule has 7 nitrogen and oxygen atoms in total. The van der Waals surface area contributed by atoms with Crippen molar-refractivity contribution in [2.24, 2.45) is 5.73 Å². The summed E-state index contributed by atoms with van der Waals surface area (Å²) >= 11 is 0. The van der Waals surface area contributed by atoms with Gasteiger partial charge in [0.15, 0.2) is 0 Å². The zero-order valence-electron chi connectivity index (χ0n) is 19.2. The molecule has 1 saturated heterocycles. The number of carbonyl (C=O) groups is 2. The summed E-state index contributed by atoms with van der Waals surface area (Å²) in [5.74, 6) is 0.844. The van der Waals surface area contributed by atoms with Crippen molar-refractivity contribution in [2.45, 2.75) is 12.5 Å². The number of ether oxygens (including phenoxy) is 1. The minimum atomic E-state index is -0.487. The van der Waals surface area contributed by atoms with E-state index >= 15 is 0 Å². The average Bonchev–Trinajstić information content (AvgIpc) is 3.52. The van der Waals surface area contributed by atoms with Crippen molar-refractivity contribution >= 4 is 28.4 Å². The third-order valence-electron chi connectivity index (χ3n) is 6.28. The Morgan fingerprint density at radius 1 is 1.06 bits per heavy atom. The number of carbonyl (C=O) groups excluding carboxylic acids is 2. The molecule has 5 rings (SSSR count). The van der Waals surface area contributed by atoms with Crippen LogP contribution >= 0.6 is 0 Å². The molecule has 0 bridgehead atoms. The number of hydrogen-bond donors (Lipinski definition) is 3. The first-order valence-electron chi connectivity index (χ1n) is 11.5. The normalized spacial score (nSPS) is 15.2. The maximum atomic E-state index is 12.1. The van der Waals surface area contributed by atoms with Crippen molar-refractivity contribution in [3.63, 3.8) is 0 Å². The maximum Gasteiger partial charge on any atom is 0.250 e. The van der Waals surface area contributed by atoms with E-state index in [9.17, 15) is 9.59 Å². The van der Waals surface area contributed by atoms with E-state index in [-0.39, 0.29) is 11.9 Å². The van der Waals surface area contributed by atoms with Gasteiger partial charge in [0.25, 0.3) is 5.91 Å². The Hall–Kier alpha value is -4.52. The fourth-order valence-corrected chi connectivity index (χ4v) is 4.61. The molecular weight excluding hydrogens is 440 g/mol. The number of anilines is 1. The van der Waals surface area contributed by atoms with Crippen LogP contribution in [0.2, 0.25) is 0 Å². The number of nitrogens with one attached hydrogen (secondary N) is 2. The first-order valence-corrected chi connectivity index (χ1v) is 11.5. The Labute approximate surface area is 203 Å². The average molecular weight is 467 g/mol. The molecule has 7 heteroatoms. The summed E-state index contributed by atoms with van der Waals surface area (Å²) in [4.78, 5) is 29.4. The summed E-state index contributed by atoms with van der Waals surface area (Å²) in [5, 5.41) is 3.90. The lowest BCUT2D eigenvalue weighted by Crippen LogP contribution is -2.36. The van der Waals surface area contributed by atoms with Crippen LogP contribution in [0.3, 0.4) is 0 Å². The number of nitrogens with two attached hydrogens (primary N) is 1. The van der Waals surface area contributed by atoms with Crippen LogP contribution in [0.25, 0.3) is 22.0 Å². The lowest BCUT2D eigenvalue weighted by Gasteiger charge is -2.21. The number of benzene rings is 3. The molecular formula is C28H26N4O3. The number of rotatable bonds is 7. The second kappa shape index (κ2) is 9.38. The molecule has 1 atom stereocenters. The van der Waals surface area contributed by atoms with Crippen molar-refractivity contribution in [3.05, 3.63) is 91.1 Å². The van der Waals surface area contributed by atoms with E-state index in [2.05, 4.69) is 21.8 Å². The first-order chi connectivity index (χ1) is 17.0. The van der Waals surface area contributed by atoms with Crippen LogP contribution < -0.4 is 20.7 Å². The molecule has 1 aliphatic rings. The highest BCUT2D eigenvalue weighted by Gasteiger charge is 2.27. The van der Waals surface area contributed by atoms with Gasteiger partial charge in [-0.15, -0.1) is 0 Å². The van der Waals surface area contributed by atoms with Crippen LogP contribution in [0.1, 0.15) is 16.8 Å². The molecule has 0 aliphatic carbocycles. The molecule has 0 unspecified atom stereocenters. The number of para-hydroxylation sites is 1. The Balaban J connectivity index is 1.50. The van der Waals surface area contributed by atoms with E-state index < -0.39 is 5.91 Å². The Bertz CT molecular complexity index is 1390. The molecule has 35 heavy (non-hydrogen) atoms. The smallest absolute Gasteiger partial charge is 0.250 e. The maximum absolute atomic E-state index is 12.1. The molecule has 0 saturated carbocycles. The highest BCUT2D eigenvalue weighted by Crippen LogP contribution is 2.39. The zero-order chi connectivity index (χ0) is 24.4. The molecule has 2 heterocycles. The first kappa shape index (κ1) is 22.3. The fraction of sp³-hybridized carbons (Fsp3) is 0.143. The topological polar surface area (TPSA) is 100 Å². The van der Waals surface area contributed by atoms with Crippen molar-refractivity contribution in [1.82, 2.24) is 10.3 Å². The number of primary amides is 1. The quantitative estimate of drug-likeness (QED) is 0.346. The molecule has 176 valence electrons. The van der Waals surface area contributed by atoms with E-state index in [1.54, 1.807) is 6.07 Å². The molecule has 1 aliphatic heterocycles. The standard InChI is InChI=1S/C28H26N4O3/c1-2-25(33)31-19-14-15-32(17-19)24-13-12-22(28(29)34)27-26(24)23(16-30-27)18-8-10-21(11-9-18)35-20-6-4-3-5-7-20/h2-13,16,19,30H,1,14-15,17H2,(H2,29,34)(H,31,33)/t19-/m0/s1. The number of H-pyrrole nitrogens is 1. The lowest BCUT2D eigenvalue weighted by molar-refractivity contribution is -0.117. The van der Waals surface area contributed by atoms with Crippen LogP contribution in [0.15, 0.2) is 85.6 Å². The van der Waals surface area contributed by atoms with Gasteiger partial charge in [-0.25, -0.2) is 0 Å². The Kier molecular flexibility index (Phi) is 5.97. The number of hydrogen-bond acceptors (Lipinski definition) is 4. The lowest BCUT2D eigenvalue weighted by atomic mass is 10.0. The van der Waals surface area contributed by atoms with E-state index in [0.717, 1.165) is 46.7 Å². The van der Waals surface area contributed by atoms with E-state index in [0.29, 0.717) is 17.6 Å². The van der Waals surface area contributed by atoms with Gasteiger partial charge in [-0.3, -0.25) is 9.59 Å². The Morgan fingerprint density at radius 2 is 1.80 bits per heavy atom. The summed E-state index contributed by atoms with van der Waals surface area (Å²) < 4.78 is 5.93. The van der Waals surface area contributed by atoms with Crippen molar-refractivity contribution < 1.29 is 14.3 Å². The molecule has 4 N–H and O–H groups in total. The number of aromatic amines is 1. The summed E-state index contributed by atoms with van der Waals surface area (Å²) in [7, 11) is 0. The van der Waals surface area contributed by atoms with Gasteiger partial charge >= 0.3 is 0 Å². The number of aromatic nitrogens is 1. The summed E-state index contributed by atoms with van der Waals surface area (Å²) in [5.41, 5.74) is 9.74. The summed E-state index contributed by atoms with van der Waals surface area (Å²) in [6, 6.07) is 21.2. The predicted octanol–water partition coefficient (Wildman–Crippen LogP) is 4.61. The van der Waals surface area contributed by atoms with Gasteiger partial charge in [-0.05, 0) is 54.5 Å². The van der Waals surface area contributed by atoms with Gasteiger partial charge in [-0.1, -0.05) is 36.9 Å². The van der Waals surface area contributed by atoms with Crippen molar-refractivity contribution in [3.8, 4) is 22.6 Å². The van der Waals surface area contributed by atoms with Crippen molar-refractivity contribution in [1.29, 1.82) is 0 Å². The fourth-order valence-electron chi connectivity index (χ4n) is 4.61. The SMILES string of the molecule is C=CC(=O)N[C@H]1CCN(c2ccc(C(N)=O)c3[nH]cc(-c4ccc(Oc5ccccc5)cc4)c23)C1. The van der Waals surface area contributed by atoms with Crippen LogP contribution in [0.4, 0.5) is 5.69 Å². The number of nitrogens with zero attached hydrogens (tertiary/aromatic N) is 1. The van der Waals surface area contributed by atoms with E-state index in [4.69, 9.17) is 10.5 Å². The third-order valence-corrected chi connectivity index (χ3v) is 6.28. The van der Waals surface area contributed by atoms with Crippen LogP contribution in [-0.2, 0) is 4.79 Å². The van der Waals surface area contributed by atoms with Gasteiger partial charge in [0.1, 0.15) is 11.5 Å². The minimum absolute atomic E-state index is 0.0307. The predicted molar refractivity (Wildman–Crippen MR) is 138 cm³/mol. The number of amides is 2. The second-order valence-electron chi connectivity index (χ2n) is 8.53. The Morgan fingerprint density at radius 3 is 2.51 bits per heavy atom. The second-order valence-corrected chi connectivity index (χ2v) is 8.53. The molecule has 1 aromatic heterocycles. The monoisotopic (exact) mass is 466 g/mol. The minimum Gasteiger partial charge on any atom is -0.457 e. The van der Waals surface area contributed by atoms with Crippen LogP contribution in [-0.4, -0.2) is 35.9 Å². The van der Waals surface area contributed by atoms with Gasteiger partial charge in [0.05, 0.1) is 11.1 Å². The van der Waals surface area contributed by atoms with Crippen molar-refractivity contribution in [2.75, 3.05) is 18.0 Å². The van der Waals surface area contributed by atoms with Gasteiger partial charge in [0.2, 0.25) is 5.91 Å². The van der Waals surface area contributed by atoms with E-state index in [1.165, 1.54) is 6.08 Å². The van der Waals surface area contributed by atoms with Crippen LogP contribution in [0.5, 0.6) is 11.5 Å². The highest BCUT2D eigenvalue weighted by atomic mass is 16.5. The highest BCUT2D eigenvalue weighted by molar-refractivity contribution is 6.13. The molecule has 2 amide bonds. The molecule has 3 aromatic carbocycles. The molecule has 0 spiro atoms. The molecule has 0 radical (unpaired) electrons. The zero-order valence-corrected chi connectivity index (χ0v) is 19.2. The summed E-state index contributed by atoms with van der Waals surface area (Å²) in [6.45, 7) is 4.98. The summed E-state index contributed by atoms with van der Waals surface area (Å²) in [6.07, 6.45) is 4.02. The number of fused-ring (bicyclic) bond motifs is 1. The van der Waals surface area contributed by atoms with E-state index in [1.807, 2.05) is 66.9 Å². The van der Waals surface area contributed by atoms with Gasteiger partial charge in [0, 0.05) is 42.0 Å². The molecule has 1 fully saturated rings. The third kappa shape index (κ3) is 4.48.